The van der Waals surface area contributed by atoms with Crippen LogP contribution in [0.4, 0.5) is 0 Å². The van der Waals surface area contributed by atoms with Gasteiger partial charge < -0.3 is 14.6 Å². The fraction of sp³-hybridized carbons (Fsp3) is 0.471. The van der Waals surface area contributed by atoms with E-state index in [-0.39, 0.29) is 11.9 Å². The van der Waals surface area contributed by atoms with E-state index in [0.29, 0.717) is 26.2 Å². The van der Waals surface area contributed by atoms with Gasteiger partial charge in [0.25, 0.3) is 0 Å². The molecule has 0 spiro atoms. The Morgan fingerprint density at radius 2 is 2.05 bits per heavy atom. The monoisotopic (exact) mass is 292 g/mol. The van der Waals surface area contributed by atoms with E-state index in [1.165, 1.54) is 6.08 Å². The highest BCUT2D eigenvalue weighted by Crippen LogP contribution is 2.10. The van der Waals surface area contributed by atoms with Gasteiger partial charge in [0.2, 0.25) is 0 Å². The molecule has 4 heteroatoms. The Morgan fingerprint density at radius 1 is 1.33 bits per heavy atom. The molecule has 0 heterocycles. The summed E-state index contributed by atoms with van der Waals surface area (Å²) in [6.07, 6.45) is 3.02. The minimum atomic E-state index is -0.536. The van der Waals surface area contributed by atoms with Crippen molar-refractivity contribution >= 4 is 5.97 Å². The van der Waals surface area contributed by atoms with Crippen molar-refractivity contribution in [1.29, 1.82) is 0 Å². The van der Waals surface area contributed by atoms with E-state index in [1.807, 2.05) is 37.3 Å². The molecule has 0 saturated heterocycles. The Labute approximate surface area is 126 Å². The largest absolute Gasteiger partial charge is 0.463 e. The molecule has 2 atom stereocenters. The zero-order valence-electron chi connectivity index (χ0n) is 12.7. The van der Waals surface area contributed by atoms with Crippen LogP contribution in [0.5, 0.6) is 0 Å². The number of esters is 1. The number of carbonyl (C=O) groups excluding carboxylic acids is 1. The molecule has 116 valence electrons. The highest BCUT2D eigenvalue weighted by Gasteiger charge is 2.11. The van der Waals surface area contributed by atoms with Gasteiger partial charge in [0.15, 0.2) is 0 Å². The molecule has 0 aliphatic heterocycles. The molecular weight excluding hydrogens is 268 g/mol. The molecular formula is C17H24O4. The lowest BCUT2D eigenvalue weighted by Crippen LogP contribution is -2.18. The van der Waals surface area contributed by atoms with Crippen LogP contribution >= 0.6 is 0 Å². The second-order valence-electron chi connectivity index (χ2n) is 4.86. The third kappa shape index (κ3) is 7.63. The molecule has 0 saturated carbocycles. The van der Waals surface area contributed by atoms with Crippen LogP contribution in [0, 0.1) is 5.92 Å². The summed E-state index contributed by atoms with van der Waals surface area (Å²) in [6, 6.07) is 9.90. The number of aliphatic hydroxyl groups is 1. The number of ether oxygens (including phenoxy) is 2. The van der Waals surface area contributed by atoms with Gasteiger partial charge in [0.1, 0.15) is 0 Å². The van der Waals surface area contributed by atoms with E-state index in [2.05, 4.69) is 0 Å². The third-order valence-electron chi connectivity index (χ3n) is 3.10. The lowest BCUT2D eigenvalue weighted by molar-refractivity contribution is -0.137. The molecule has 1 aromatic carbocycles. The molecule has 0 radical (unpaired) electrons. The third-order valence-corrected chi connectivity index (χ3v) is 3.10. The van der Waals surface area contributed by atoms with Gasteiger partial charge in [-0.1, -0.05) is 43.3 Å². The number of aliphatic hydroxyl groups excluding tert-OH is 1. The van der Waals surface area contributed by atoms with Gasteiger partial charge >= 0.3 is 5.97 Å². The maximum atomic E-state index is 11.2. The summed E-state index contributed by atoms with van der Waals surface area (Å²) in [7, 11) is 0. The van der Waals surface area contributed by atoms with Crippen molar-refractivity contribution in [3.8, 4) is 0 Å². The van der Waals surface area contributed by atoms with Gasteiger partial charge in [0.05, 0.1) is 19.3 Å². The van der Waals surface area contributed by atoms with Crippen molar-refractivity contribution in [2.45, 2.75) is 33.0 Å². The van der Waals surface area contributed by atoms with E-state index < -0.39 is 6.10 Å². The van der Waals surface area contributed by atoms with E-state index in [1.54, 1.807) is 13.0 Å². The summed E-state index contributed by atoms with van der Waals surface area (Å²) < 4.78 is 10.3. The Bertz CT molecular complexity index is 428. The highest BCUT2D eigenvalue weighted by atomic mass is 16.5. The molecule has 1 N–H and O–H groups in total. The maximum absolute atomic E-state index is 11.2. The van der Waals surface area contributed by atoms with Crippen molar-refractivity contribution in [1.82, 2.24) is 0 Å². The summed E-state index contributed by atoms with van der Waals surface area (Å²) in [5, 5.41) is 9.97. The molecule has 0 aromatic heterocycles. The molecule has 1 aromatic rings. The molecule has 0 aliphatic rings. The van der Waals surface area contributed by atoms with Crippen LogP contribution in [0.1, 0.15) is 25.8 Å². The Balaban J connectivity index is 2.20. The molecule has 1 rings (SSSR count). The van der Waals surface area contributed by atoms with Gasteiger partial charge in [-0.15, -0.1) is 0 Å². The van der Waals surface area contributed by atoms with Gasteiger partial charge in [-0.05, 0) is 18.9 Å². The number of benzene rings is 1. The second kappa shape index (κ2) is 10.1. The van der Waals surface area contributed by atoms with Crippen molar-refractivity contribution in [2.75, 3.05) is 13.2 Å². The first-order chi connectivity index (χ1) is 10.1. The summed E-state index contributed by atoms with van der Waals surface area (Å²) in [5.41, 5.74) is 1.11. The Morgan fingerprint density at radius 3 is 2.71 bits per heavy atom. The lowest BCUT2D eigenvalue weighted by Gasteiger charge is -2.15. The predicted octanol–water partition coefficient (Wildman–Crippen LogP) is 2.71. The SMILES string of the molecule is CCOC(=O)/C=C/[C@H](C)[C@H](O)CCOCc1ccccc1. The summed E-state index contributed by atoms with van der Waals surface area (Å²) in [6.45, 7) is 4.99. The zero-order valence-corrected chi connectivity index (χ0v) is 12.7. The van der Waals surface area contributed by atoms with Gasteiger partial charge in [-0.2, -0.15) is 0 Å². The first-order valence-electron chi connectivity index (χ1n) is 7.28. The van der Waals surface area contributed by atoms with Crippen molar-refractivity contribution in [3.05, 3.63) is 48.0 Å². The standard InChI is InChI=1S/C17H24O4/c1-3-21-17(19)10-9-14(2)16(18)11-12-20-13-15-7-5-4-6-8-15/h4-10,14,16,18H,3,11-13H2,1-2H3/b10-9+/t14-,16+/m0/s1. The smallest absolute Gasteiger partial charge is 0.330 e. The van der Waals surface area contributed by atoms with Crippen molar-refractivity contribution in [3.63, 3.8) is 0 Å². The minimum absolute atomic E-state index is 0.116. The normalized spacial score (nSPS) is 14.0. The van der Waals surface area contributed by atoms with Crippen LogP contribution in [0.15, 0.2) is 42.5 Å². The average molecular weight is 292 g/mol. The summed E-state index contributed by atoms with van der Waals surface area (Å²) >= 11 is 0. The maximum Gasteiger partial charge on any atom is 0.330 e. The van der Waals surface area contributed by atoms with Crippen LogP contribution in [-0.4, -0.2) is 30.4 Å². The van der Waals surface area contributed by atoms with E-state index >= 15 is 0 Å². The van der Waals surface area contributed by atoms with E-state index in [0.717, 1.165) is 5.56 Å². The molecule has 0 unspecified atom stereocenters. The molecule has 0 bridgehead atoms. The summed E-state index contributed by atoms with van der Waals surface area (Å²) in [4.78, 5) is 11.2. The van der Waals surface area contributed by atoms with Gasteiger partial charge in [-0.3, -0.25) is 0 Å². The quantitative estimate of drug-likeness (QED) is 0.432. The number of hydrogen-bond donors (Lipinski definition) is 1. The van der Waals surface area contributed by atoms with Crippen molar-refractivity contribution in [2.24, 2.45) is 5.92 Å². The van der Waals surface area contributed by atoms with E-state index in [4.69, 9.17) is 9.47 Å². The van der Waals surface area contributed by atoms with Crippen LogP contribution in [0.3, 0.4) is 0 Å². The van der Waals surface area contributed by atoms with E-state index in [9.17, 15) is 9.90 Å². The predicted molar refractivity (Wildman–Crippen MR) is 81.7 cm³/mol. The average Bonchev–Trinajstić information content (AvgIpc) is 2.50. The molecule has 0 aliphatic carbocycles. The van der Waals surface area contributed by atoms with Crippen LogP contribution in [-0.2, 0) is 20.9 Å². The molecule has 0 amide bonds. The first kappa shape index (κ1) is 17.4. The fourth-order valence-corrected chi connectivity index (χ4v) is 1.78. The zero-order chi connectivity index (χ0) is 15.5. The van der Waals surface area contributed by atoms with Crippen LogP contribution in [0.2, 0.25) is 0 Å². The molecule has 21 heavy (non-hydrogen) atoms. The highest BCUT2D eigenvalue weighted by molar-refractivity contribution is 5.81. The van der Waals surface area contributed by atoms with Crippen LogP contribution < -0.4 is 0 Å². The topological polar surface area (TPSA) is 55.8 Å². The molecule has 0 fully saturated rings. The Kier molecular flexibility index (Phi) is 8.40. The number of hydrogen-bond acceptors (Lipinski definition) is 4. The van der Waals surface area contributed by atoms with Gasteiger partial charge in [-0.25, -0.2) is 4.79 Å². The second-order valence-corrected chi connectivity index (χ2v) is 4.86. The molecule has 4 nitrogen and oxygen atoms in total. The minimum Gasteiger partial charge on any atom is -0.463 e. The summed E-state index contributed by atoms with van der Waals surface area (Å²) in [5.74, 6) is -0.494. The lowest BCUT2D eigenvalue weighted by atomic mass is 10.0. The van der Waals surface area contributed by atoms with Crippen molar-refractivity contribution < 1.29 is 19.4 Å². The number of carbonyl (C=O) groups is 1. The van der Waals surface area contributed by atoms with Gasteiger partial charge in [0, 0.05) is 18.6 Å². The first-order valence-corrected chi connectivity index (χ1v) is 7.28. The van der Waals surface area contributed by atoms with Crippen LogP contribution in [0.25, 0.3) is 0 Å². The fourth-order valence-electron chi connectivity index (χ4n) is 1.78. The Hall–Kier alpha value is -1.65. The number of rotatable bonds is 9.